The highest BCUT2D eigenvalue weighted by atomic mass is 32.2. The number of hydrogen-bond donors (Lipinski definition) is 0. The molecule has 14 heavy (non-hydrogen) atoms. The van der Waals surface area contributed by atoms with Crippen molar-refractivity contribution in [1.29, 1.82) is 0 Å². The smallest absolute Gasteiger partial charge is 0.211 e. The highest BCUT2D eigenvalue weighted by molar-refractivity contribution is 7.88. The van der Waals surface area contributed by atoms with Gasteiger partial charge in [0, 0.05) is 20.2 Å². The standard InChI is InChI=1S/C9H19NO3S/c1-8(2,3)9(13-4)6-10(7-9)14(5,11)12/h6-7H2,1-5H3. The van der Waals surface area contributed by atoms with E-state index in [4.69, 9.17) is 4.74 Å². The molecule has 0 aromatic rings. The van der Waals surface area contributed by atoms with Crippen LogP contribution < -0.4 is 0 Å². The minimum Gasteiger partial charge on any atom is -0.375 e. The molecule has 1 saturated heterocycles. The summed E-state index contributed by atoms with van der Waals surface area (Å²) in [6, 6.07) is 0. The van der Waals surface area contributed by atoms with Crippen molar-refractivity contribution in [2.75, 3.05) is 26.5 Å². The van der Waals surface area contributed by atoms with Crippen LogP contribution in [0.15, 0.2) is 0 Å². The molecule has 0 N–H and O–H groups in total. The Kier molecular flexibility index (Phi) is 2.71. The van der Waals surface area contributed by atoms with Crippen LogP contribution in [0.25, 0.3) is 0 Å². The third kappa shape index (κ3) is 1.81. The molecule has 4 nitrogen and oxygen atoms in total. The van der Waals surface area contributed by atoms with Gasteiger partial charge in [0.15, 0.2) is 0 Å². The molecular formula is C9H19NO3S. The largest absolute Gasteiger partial charge is 0.375 e. The lowest BCUT2D eigenvalue weighted by atomic mass is 9.72. The van der Waals surface area contributed by atoms with Gasteiger partial charge in [-0.1, -0.05) is 20.8 Å². The Morgan fingerprint density at radius 1 is 1.29 bits per heavy atom. The lowest BCUT2D eigenvalue weighted by Gasteiger charge is -2.54. The SMILES string of the molecule is COC1(C(C)(C)C)CN(S(C)(=O)=O)C1. The summed E-state index contributed by atoms with van der Waals surface area (Å²) in [7, 11) is -1.41. The molecule has 0 bridgehead atoms. The van der Waals surface area contributed by atoms with Crippen molar-refractivity contribution >= 4 is 10.0 Å². The quantitative estimate of drug-likeness (QED) is 0.689. The molecule has 1 fully saturated rings. The molecule has 0 spiro atoms. The molecule has 0 aromatic heterocycles. The van der Waals surface area contributed by atoms with E-state index in [9.17, 15) is 8.42 Å². The normalized spacial score (nSPS) is 23.2. The molecule has 84 valence electrons. The zero-order valence-corrected chi connectivity index (χ0v) is 10.3. The van der Waals surface area contributed by atoms with Gasteiger partial charge in [0.2, 0.25) is 10.0 Å². The number of sulfonamides is 1. The van der Waals surface area contributed by atoms with E-state index in [0.717, 1.165) is 0 Å². The minimum atomic E-state index is -3.05. The first-order valence-corrected chi connectivity index (χ1v) is 6.47. The molecule has 1 heterocycles. The van der Waals surface area contributed by atoms with Gasteiger partial charge < -0.3 is 4.74 Å². The van der Waals surface area contributed by atoms with E-state index < -0.39 is 10.0 Å². The number of methoxy groups -OCH3 is 1. The monoisotopic (exact) mass is 221 g/mol. The van der Waals surface area contributed by atoms with Crippen molar-refractivity contribution < 1.29 is 13.2 Å². The van der Waals surface area contributed by atoms with E-state index >= 15 is 0 Å². The minimum absolute atomic E-state index is 0.0387. The summed E-state index contributed by atoms with van der Waals surface area (Å²) < 4.78 is 29.3. The summed E-state index contributed by atoms with van der Waals surface area (Å²) in [5, 5.41) is 0. The van der Waals surface area contributed by atoms with E-state index in [-0.39, 0.29) is 11.0 Å². The van der Waals surface area contributed by atoms with Crippen LogP contribution in [0.4, 0.5) is 0 Å². The molecule has 1 rings (SSSR count). The summed E-state index contributed by atoms with van der Waals surface area (Å²) in [6.45, 7) is 7.13. The summed E-state index contributed by atoms with van der Waals surface area (Å²) >= 11 is 0. The number of ether oxygens (including phenoxy) is 1. The fourth-order valence-electron chi connectivity index (χ4n) is 1.67. The van der Waals surface area contributed by atoms with Crippen molar-refractivity contribution in [2.24, 2.45) is 5.41 Å². The molecule has 0 radical (unpaired) electrons. The van der Waals surface area contributed by atoms with E-state index in [1.807, 2.05) is 0 Å². The average molecular weight is 221 g/mol. The van der Waals surface area contributed by atoms with Crippen molar-refractivity contribution in [3.8, 4) is 0 Å². The van der Waals surface area contributed by atoms with Gasteiger partial charge >= 0.3 is 0 Å². The number of rotatable bonds is 2. The Morgan fingerprint density at radius 2 is 1.71 bits per heavy atom. The summed E-state index contributed by atoms with van der Waals surface area (Å²) in [5.41, 5.74) is -0.362. The first-order chi connectivity index (χ1) is 6.12. The van der Waals surface area contributed by atoms with Gasteiger partial charge in [-0.3, -0.25) is 0 Å². The molecule has 0 unspecified atom stereocenters. The molecule has 5 heteroatoms. The van der Waals surface area contributed by atoms with Crippen molar-refractivity contribution in [1.82, 2.24) is 4.31 Å². The molecular weight excluding hydrogens is 202 g/mol. The Bertz CT molecular complexity index is 309. The summed E-state index contributed by atoms with van der Waals surface area (Å²) in [6.07, 6.45) is 1.23. The molecule has 0 amide bonds. The fourth-order valence-corrected chi connectivity index (χ4v) is 2.55. The zero-order valence-electron chi connectivity index (χ0n) is 9.49. The second-order valence-corrected chi connectivity index (χ2v) is 6.96. The van der Waals surface area contributed by atoms with Crippen molar-refractivity contribution in [3.05, 3.63) is 0 Å². The first-order valence-electron chi connectivity index (χ1n) is 4.63. The second-order valence-electron chi connectivity index (χ2n) is 4.98. The van der Waals surface area contributed by atoms with Gasteiger partial charge in [0.25, 0.3) is 0 Å². The summed E-state index contributed by atoms with van der Waals surface area (Å²) in [4.78, 5) is 0. The van der Waals surface area contributed by atoms with Crippen LogP contribution in [0.1, 0.15) is 20.8 Å². The molecule has 0 aliphatic carbocycles. The molecule has 1 aliphatic heterocycles. The molecule has 0 atom stereocenters. The number of hydrogen-bond acceptors (Lipinski definition) is 3. The number of nitrogens with zero attached hydrogens (tertiary/aromatic N) is 1. The lowest BCUT2D eigenvalue weighted by molar-refractivity contribution is -0.158. The highest BCUT2D eigenvalue weighted by Crippen LogP contribution is 2.41. The van der Waals surface area contributed by atoms with E-state index in [2.05, 4.69) is 20.8 Å². The highest BCUT2D eigenvalue weighted by Gasteiger charge is 2.54. The van der Waals surface area contributed by atoms with Gasteiger partial charge in [0.1, 0.15) is 5.60 Å². The third-order valence-corrected chi connectivity index (χ3v) is 4.29. The van der Waals surface area contributed by atoms with Crippen LogP contribution in [-0.4, -0.2) is 44.8 Å². The predicted molar refractivity (Wildman–Crippen MR) is 55.6 cm³/mol. The second kappa shape index (κ2) is 3.18. The lowest BCUT2D eigenvalue weighted by Crippen LogP contribution is -2.69. The fraction of sp³-hybridized carbons (Fsp3) is 1.00. The van der Waals surface area contributed by atoms with E-state index in [1.54, 1.807) is 7.11 Å². The predicted octanol–water partition coefficient (Wildman–Crippen LogP) is 0.693. The van der Waals surface area contributed by atoms with Crippen LogP contribution in [0, 0.1) is 5.41 Å². The first kappa shape index (κ1) is 11.9. The zero-order chi connectivity index (χ0) is 11.2. The van der Waals surface area contributed by atoms with Gasteiger partial charge in [-0.25, -0.2) is 8.42 Å². The summed E-state index contributed by atoms with van der Waals surface area (Å²) in [5.74, 6) is 0. The Labute approximate surface area is 86.3 Å². The maximum atomic E-state index is 11.2. The van der Waals surface area contributed by atoms with Crippen LogP contribution in [0.2, 0.25) is 0 Å². The Hall–Kier alpha value is -0.130. The Morgan fingerprint density at radius 3 is 1.93 bits per heavy atom. The average Bonchev–Trinajstić information content (AvgIpc) is 1.78. The van der Waals surface area contributed by atoms with Gasteiger partial charge in [-0.15, -0.1) is 0 Å². The molecule has 0 aromatic carbocycles. The maximum absolute atomic E-state index is 11.2. The Balaban J connectivity index is 2.77. The van der Waals surface area contributed by atoms with Crippen molar-refractivity contribution in [2.45, 2.75) is 26.4 Å². The van der Waals surface area contributed by atoms with Gasteiger partial charge in [-0.2, -0.15) is 4.31 Å². The van der Waals surface area contributed by atoms with Crippen LogP contribution in [0.5, 0.6) is 0 Å². The van der Waals surface area contributed by atoms with Gasteiger partial charge in [-0.05, 0) is 5.41 Å². The van der Waals surface area contributed by atoms with Crippen LogP contribution >= 0.6 is 0 Å². The van der Waals surface area contributed by atoms with Crippen LogP contribution in [-0.2, 0) is 14.8 Å². The molecule has 0 saturated carbocycles. The maximum Gasteiger partial charge on any atom is 0.211 e. The topological polar surface area (TPSA) is 46.6 Å². The van der Waals surface area contributed by atoms with Crippen molar-refractivity contribution in [3.63, 3.8) is 0 Å². The van der Waals surface area contributed by atoms with Crippen LogP contribution in [0.3, 0.4) is 0 Å². The molecule has 1 aliphatic rings. The van der Waals surface area contributed by atoms with E-state index in [1.165, 1.54) is 10.6 Å². The third-order valence-electron chi connectivity index (χ3n) is 3.09. The van der Waals surface area contributed by atoms with E-state index in [0.29, 0.717) is 13.1 Å². The van der Waals surface area contributed by atoms with Gasteiger partial charge in [0.05, 0.1) is 6.26 Å².